The zero-order valence-corrected chi connectivity index (χ0v) is 20.7. The van der Waals surface area contributed by atoms with E-state index in [1.165, 1.54) is 18.2 Å². The molecule has 0 saturated heterocycles. The normalized spacial score (nSPS) is 13.8. The summed E-state index contributed by atoms with van der Waals surface area (Å²) in [6, 6.07) is 11.0. The Morgan fingerprint density at radius 1 is 1.18 bits per heavy atom. The van der Waals surface area contributed by atoms with E-state index in [4.69, 9.17) is 4.11 Å². The van der Waals surface area contributed by atoms with Crippen molar-refractivity contribution >= 4 is 22.2 Å². The Labute approximate surface area is 220 Å². The molecule has 4 heterocycles. The Balaban J connectivity index is 1.54. The lowest BCUT2D eigenvalue weighted by molar-refractivity contribution is 0.628. The second-order valence-electron chi connectivity index (χ2n) is 9.11. The van der Waals surface area contributed by atoms with Crippen molar-refractivity contribution in [1.29, 1.82) is 0 Å². The van der Waals surface area contributed by atoms with Crippen LogP contribution in [-0.2, 0) is 14.0 Å². The molecule has 10 nitrogen and oxygen atoms in total. The number of imidazole rings is 1. The van der Waals surface area contributed by atoms with Crippen molar-refractivity contribution in [3.63, 3.8) is 0 Å². The maximum Gasteiger partial charge on any atom is 0.261 e. The summed E-state index contributed by atoms with van der Waals surface area (Å²) in [6.45, 7) is 1.14. The molecular formula is C27H24FN9O. The molecule has 0 aliphatic carbocycles. The van der Waals surface area contributed by atoms with Crippen LogP contribution in [0.3, 0.4) is 0 Å². The molecule has 0 aliphatic heterocycles. The zero-order chi connectivity index (χ0) is 29.1. The lowest BCUT2D eigenvalue weighted by atomic mass is 10.00. The maximum atomic E-state index is 14.4. The number of nitrogens with zero attached hydrogens (tertiary/aromatic N) is 8. The topological polar surface area (TPSA) is 108 Å². The molecule has 0 spiro atoms. The molecule has 6 rings (SSSR count). The molecular weight excluding hydrogens is 485 g/mol. The van der Waals surface area contributed by atoms with Gasteiger partial charge in [0.1, 0.15) is 23.5 Å². The van der Waals surface area contributed by atoms with Crippen molar-refractivity contribution in [1.82, 2.24) is 39.1 Å². The molecule has 1 N–H and O–H groups in total. The van der Waals surface area contributed by atoms with Crippen LogP contribution in [0.5, 0.6) is 0 Å². The van der Waals surface area contributed by atoms with E-state index in [0.717, 1.165) is 16.7 Å². The van der Waals surface area contributed by atoms with Crippen LogP contribution < -0.4 is 10.9 Å². The van der Waals surface area contributed by atoms with Gasteiger partial charge in [0.25, 0.3) is 5.56 Å². The van der Waals surface area contributed by atoms with Crippen LogP contribution in [0.4, 0.5) is 10.1 Å². The standard InChI is InChI=1S/C27H24FN9O/c1-15-10-19(16(2)31-22-8-7-18(28)12-20(22)25-32-33-34-36(25)4)24-21(11-15)27(38)35(3)26-23(30-14-37(24)26)17-6-5-9-29-13-17/h5-14,16,31H,1-4H3/i4D3. The Morgan fingerprint density at radius 2 is 2.05 bits per heavy atom. The first-order valence-corrected chi connectivity index (χ1v) is 11.8. The second kappa shape index (κ2) is 8.87. The molecule has 11 heteroatoms. The zero-order valence-electron chi connectivity index (χ0n) is 23.7. The number of hydrogen-bond acceptors (Lipinski definition) is 7. The van der Waals surface area contributed by atoms with Gasteiger partial charge in [0.2, 0.25) is 0 Å². The van der Waals surface area contributed by atoms with Gasteiger partial charge in [-0.1, -0.05) is 6.07 Å². The Bertz CT molecular complexity index is 2000. The molecule has 1 unspecified atom stereocenters. The third kappa shape index (κ3) is 3.71. The number of fused-ring (bicyclic) bond motifs is 3. The van der Waals surface area contributed by atoms with Crippen molar-refractivity contribution < 1.29 is 8.50 Å². The maximum absolute atomic E-state index is 14.4. The third-order valence-electron chi connectivity index (χ3n) is 6.59. The molecule has 0 saturated carbocycles. The summed E-state index contributed by atoms with van der Waals surface area (Å²) in [6.07, 6.45) is 5.05. The van der Waals surface area contributed by atoms with E-state index in [0.29, 0.717) is 32.6 Å². The van der Waals surface area contributed by atoms with Gasteiger partial charge in [0, 0.05) is 47.3 Å². The first-order valence-electron chi connectivity index (χ1n) is 13.3. The predicted octanol–water partition coefficient (Wildman–Crippen LogP) is 4.06. The van der Waals surface area contributed by atoms with E-state index in [1.807, 2.05) is 42.5 Å². The number of tetrazole rings is 1. The molecule has 0 radical (unpaired) electrons. The lowest BCUT2D eigenvalue weighted by Gasteiger charge is -2.21. The molecule has 190 valence electrons. The average Bonchev–Trinajstić information content (AvgIpc) is 3.61. The van der Waals surface area contributed by atoms with Crippen LogP contribution in [0.1, 0.15) is 28.2 Å². The van der Waals surface area contributed by atoms with Gasteiger partial charge in [-0.2, -0.15) is 0 Å². The lowest BCUT2D eigenvalue weighted by Crippen LogP contribution is -2.21. The van der Waals surface area contributed by atoms with Crippen molar-refractivity contribution in [2.24, 2.45) is 14.0 Å². The summed E-state index contributed by atoms with van der Waals surface area (Å²) in [7, 11) is 1.71. The third-order valence-corrected chi connectivity index (χ3v) is 6.59. The summed E-state index contributed by atoms with van der Waals surface area (Å²) in [5.41, 5.74) is 4.71. The van der Waals surface area contributed by atoms with Gasteiger partial charge in [-0.3, -0.25) is 18.7 Å². The molecule has 0 fully saturated rings. The Kier molecular flexibility index (Phi) is 4.71. The predicted molar refractivity (Wildman–Crippen MR) is 142 cm³/mol. The smallest absolute Gasteiger partial charge is 0.261 e. The van der Waals surface area contributed by atoms with E-state index in [-0.39, 0.29) is 16.9 Å². The summed E-state index contributed by atoms with van der Waals surface area (Å²) >= 11 is 0. The van der Waals surface area contributed by atoms with Crippen LogP contribution in [0.25, 0.3) is 39.2 Å². The second-order valence-corrected chi connectivity index (χ2v) is 9.11. The molecule has 4 aromatic heterocycles. The monoisotopic (exact) mass is 512 g/mol. The number of anilines is 1. The number of hydrogen-bond donors (Lipinski definition) is 1. The number of nitrogens with one attached hydrogen (secondary N) is 1. The quantitative estimate of drug-likeness (QED) is 0.371. The largest absolute Gasteiger partial charge is 0.378 e. The molecule has 0 amide bonds. The summed E-state index contributed by atoms with van der Waals surface area (Å²) in [4.78, 5) is 22.5. The van der Waals surface area contributed by atoms with Crippen molar-refractivity contribution in [2.75, 3.05) is 5.32 Å². The van der Waals surface area contributed by atoms with E-state index in [2.05, 4.69) is 30.8 Å². The van der Waals surface area contributed by atoms with Crippen LogP contribution in [-0.4, -0.2) is 39.1 Å². The number of benzene rings is 2. The van der Waals surface area contributed by atoms with E-state index < -0.39 is 18.8 Å². The van der Waals surface area contributed by atoms with Gasteiger partial charge >= 0.3 is 0 Å². The first kappa shape index (κ1) is 20.2. The highest BCUT2D eigenvalue weighted by atomic mass is 19.1. The number of aromatic nitrogens is 8. The van der Waals surface area contributed by atoms with Crippen LogP contribution in [0, 0.1) is 12.7 Å². The SMILES string of the molecule is [2H]C([2H])([2H])n1nnnc1-c1cc(F)ccc1NC(C)c1cc(C)cc2c(=O)n(C)c3c(-c4cccnc4)ncn3c12. The fourth-order valence-corrected chi connectivity index (χ4v) is 4.87. The summed E-state index contributed by atoms with van der Waals surface area (Å²) in [5, 5.41) is 14.8. The van der Waals surface area contributed by atoms with Crippen LogP contribution in [0.15, 0.2) is 66.0 Å². The van der Waals surface area contributed by atoms with Gasteiger partial charge < -0.3 is 5.32 Å². The molecule has 6 aromatic rings. The highest BCUT2D eigenvalue weighted by molar-refractivity contribution is 5.88. The number of rotatable bonds is 5. The van der Waals surface area contributed by atoms with Crippen molar-refractivity contribution in [3.05, 3.63) is 88.5 Å². The minimum Gasteiger partial charge on any atom is -0.378 e. The van der Waals surface area contributed by atoms with Crippen molar-refractivity contribution in [3.8, 4) is 22.6 Å². The van der Waals surface area contributed by atoms with Gasteiger partial charge in [0.15, 0.2) is 5.82 Å². The molecule has 1 atom stereocenters. The van der Waals surface area contributed by atoms with Gasteiger partial charge in [-0.05, 0) is 71.8 Å². The molecule has 38 heavy (non-hydrogen) atoms. The number of halogens is 1. The number of pyridine rings is 1. The van der Waals surface area contributed by atoms with E-state index in [9.17, 15) is 9.18 Å². The molecule has 0 aliphatic rings. The fourth-order valence-electron chi connectivity index (χ4n) is 4.87. The summed E-state index contributed by atoms with van der Waals surface area (Å²) < 4.78 is 41.8. The summed E-state index contributed by atoms with van der Waals surface area (Å²) in [5.74, 6) is -0.689. The highest BCUT2D eigenvalue weighted by Gasteiger charge is 2.22. The average molecular weight is 513 g/mol. The van der Waals surface area contributed by atoms with Crippen LogP contribution >= 0.6 is 0 Å². The van der Waals surface area contributed by atoms with Crippen LogP contribution in [0.2, 0.25) is 0 Å². The molecule has 0 bridgehead atoms. The minimum absolute atomic E-state index is 0.111. The Morgan fingerprint density at radius 3 is 2.84 bits per heavy atom. The van der Waals surface area contributed by atoms with Gasteiger partial charge in [-0.25, -0.2) is 14.1 Å². The van der Waals surface area contributed by atoms with Gasteiger partial charge in [0.05, 0.1) is 16.9 Å². The van der Waals surface area contributed by atoms with Gasteiger partial charge in [-0.15, -0.1) is 5.10 Å². The fraction of sp³-hybridized carbons (Fsp3) is 0.185. The first-order chi connectivity index (χ1) is 19.5. The van der Waals surface area contributed by atoms with Crippen molar-refractivity contribution in [2.45, 2.75) is 19.9 Å². The van der Waals surface area contributed by atoms with E-state index >= 15 is 0 Å². The highest BCUT2D eigenvalue weighted by Crippen LogP contribution is 2.33. The molecule has 2 aromatic carbocycles. The Hall–Kier alpha value is -4.93. The van der Waals surface area contributed by atoms with E-state index in [1.54, 1.807) is 30.3 Å². The minimum atomic E-state index is -2.67. The number of aryl methyl sites for hydroxylation is 3.